The van der Waals surface area contributed by atoms with Crippen LogP contribution in [0.3, 0.4) is 0 Å². The second-order valence-electron chi connectivity index (χ2n) is 4.59. The molecule has 0 fully saturated rings. The van der Waals surface area contributed by atoms with Crippen LogP contribution in [0, 0.1) is 0 Å². The maximum Gasteiger partial charge on any atom is 0.142 e. The Morgan fingerprint density at radius 2 is 1.91 bits per heavy atom. The van der Waals surface area contributed by atoms with Crippen LogP contribution in [0.25, 0.3) is 10.2 Å². The molecule has 2 aromatic heterocycles. The number of anilines is 2. The minimum absolute atomic E-state index is 0. The first kappa shape index (κ1) is 16.5. The number of fused-ring (bicyclic) bond motifs is 1. The number of aromatic nitrogens is 2. The van der Waals surface area contributed by atoms with Crippen molar-refractivity contribution < 1.29 is 4.74 Å². The number of hydrogen-bond donors (Lipinski definition) is 1. The summed E-state index contributed by atoms with van der Waals surface area (Å²) in [5, 5.41) is 4.43. The Bertz CT molecular complexity index is 743. The summed E-state index contributed by atoms with van der Waals surface area (Å²) in [6.45, 7) is 4.80. The summed E-state index contributed by atoms with van der Waals surface area (Å²) in [5.74, 6) is 1.72. The molecular formula is C16H18ClN3OS. The number of nitrogens with one attached hydrogen (secondary N) is 1. The molecule has 0 saturated heterocycles. The van der Waals surface area contributed by atoms with Gasteiger partial charge in [-0.25, -0.2) is 9.97 Å². The van der Waals surface area contributed by atoms with Crippen molar-refractivity contribution >= 4 is 45.5 Å². The first-order chi connectivity index (χ1) is 10.3. The molecule has 3 rings (SSSR count). The molecule has 0 amide bonds. The van der Waals surface area contributed by atoms with Gasteiger partial charge >= 0.3 is 0 Å². The van der Waals surface area contributed by atoms with Gasteiger partial charge in [0.25, 0.3) is 0 Å². The highest BCUT2D eigenvalue weighted by molar-refractivity contribution is 7.18. The third kappa shape index (κ3) is 3.48. The van der Waals surface area contributed by atoms with Gasteiger partial charge in [-0.2, -0.15) is 0 Å². The molecule has 2 heterocycles. The Hall–Kier alpha value is -1.85. The van der Waals surface area contributed by atoms with E-state index in [4.69, 9.17) is 4.74 Å². The molecule has 0 unspecified atom stereocenters. The number of rotatable bonds is 5. The van der Waals surface area contributed by atoms with Gasteiger partial charge < -0.3 is 10.1 Å². The van der Waals surface area contributed by atoms with Crippen LogP contribution in [-0.4, -0.2) is 16.6 Å². The highest BCUT2D eigenvalue weighted by Gasteiger charge is 2.08. The van der Waals surface area contributed by atoms with Crippen LogP contribution in [-0.2, 0) is 6.42 Å². The summed E-state index contributed by atoms with van der Waals surface area (Å²) in [6.07, 6.45) is 2.62. The molecule has 0 bridgehead atoms. The highest BCUT2D eigenvalue weighted by Crippen LogP contribution is 2.30. The normalized spacial score (nSPS) is 10.3. The second kappa shape index (κ2) is 7.42. The minimum atomic E-state index is 0. The van der Waals surface area contributed by atoms with Crippen LogP contribution in [0.2, 0.25) is 0 Å². The van der Waals surface area contributed by atoms with Crippen LogP contribution < -0.4 is 10.1 Å². The topological polar surface area (TPSA) is 47.0 Å². The lowest BCUT2D eigenvalue weighted by Crippen LogP contribution is -1.95. The van der Waals surface area contributed by atoms with Crippen LogP contribution in [0.4, 0.5) is 11.5 Å². The van der Waals surface area contributed by atoms with E-state index >= 15 is 0 Å². The molecule has 0 saturated carbocycles. The monoisotopic (exact) mass is 335 g/mol. The van der Waals surface area contributed by atoms with Crippen molar-refractivity contribution in [3.8, 4) is 5.75 Å². The molecule has 1 N–H and O–H groups in total. The van der Waals surface area contributed by atoms with Crippen LogP contribution in [0.5, 0.6) is 5.75 Å². The Labute approximate surface area is 140 Å². The Morgan fingerprint density at radius 1 is 1.14 bits per heavy atom. The molecule has 22 heavy (non-hydrogen) atoms. The van der Waals surface area contributed by atoms with Gasteiger partial charge in [-0.15, -0.1) is 23.7 Å². The molecule has 6 heteroatoms. The van der Waals surface area contributed by atoms with E-state index in [1.807, 2.05) is 31.2 Å². The van der Waals surface area contributed by atoms with Crippen molar-refractivity contribution in [3.05, 3.63) is 41.5 Å². The number of nitrogens with zero attached hydrogens (tertiary/aromatic N) is 2. The fraction of sp³-hybridized carbons (Fsp3) is 0.250. The van der Waals surface area contributed by atoms with E-state index in [0.29, 0.717) is 6.61 Å². The first-order valence-electron chi connectivity index (χ1n) is 7.03. The number of ether oxygens (including phenoxy) is 1. The molecule has 0 radical (unpaired) electrons. The summed E-state index contributed by atoms with van der Waals surface area (Å²) in [4.78, 5) is 11.0. The molecule has 0 aliphatic heterocycles. The van der Waals surface area contributed by atoms with Crippen molar-refractivity contribution in [2.24, 2.45) is 0 Å². The van der Waals surface area contributed by atoms with Gasteiger partial charge in [0.15, 0.2) is 0 Å². The number of hydrogen-bond acceptors (Lipinski definition) is 5. The van der Waals surface area contributed by atoms with Crippen LogP contribution >= 0.6 is 23.7 Å². The molecule has 0 atom stereocenters. The highest BCUT2D eigenvalue weighted by atomic mass is 35.5. The van der Waals surface area contributed by atoms with E-state index < -0.39 is 0 Å². The number of halogens is 1. The average Bonchev–Trinajstić information content (AvgIpc) is 2.94. The molecular weight excluding hydrogens is 318 g/mol. The fourth-order valence-corrected chi connectivity index (χ4v) is 3.05. The Balaban J connectivity index is 0.00000176. The largest absolute Gasteiger partial charge is 0.494 e. The van der Waals surface area contributed by atoms with Crippen molar-refractivity contribution in [1.29, 1.82) is 0 Å². The summed E-state index contributed by atoms with van der Waals surface area (Å²) in [6, 6.07) is 10.1. The quantitative estimate of drug-likeness (QED) is 0.726. The summed E-state index contributed by atoms with van der Waals surface area (Å²) < 4.78 is 5.45. The van der Waals surface area contributed by atoms with Crippen molar-refractivity contribution in [2.75, 3.05) is 11.9 Å². The zero-order valence-electron chi connectivity index (χ0n) is 12.5. The van der Waals surface area contributed by atoms with Crippen molar-refractivity contribution in [2.45, 2.75) is 20.3 Å². The molecule has 3 aromatic rings. The average molecular weight is 336 g/mol. The van der Waals surface area contributed by atoms with Gasteiger partial charge in [0, 0.05) is 10.6 Å². The summed E-state index contributed by atoms with van der Waals surface area (Å²) in [7, 11) is 0. The predicted octanol–water partition coefficient (Wildman–Crippen LogP) is 4.82. The summed E-state index contributed by atoms with van der Waals surface area (Å²) in [5.41, 5.74) is 0.989. The second-order valence-corrected chi connectivity index (χ2v) is 5.70. The predicted molar refractivity (Wildman–Crippen MR) is 94.9 cm³/mol. The van der Waals surface area contributed by atoms with Gasteiger partial charge in [0.1, 0.15) is 22.7 Å². The minimum Gasteiger partial charge on any atom is -0.494 e. The smallest absolute Gasteiger partial charge is 0.142 e. The zero-order chi connectivity index (χ0) is 14.7. The Kier molecular flexibility index (Phi) is 5.57. The number of thiophene rings is 1. The van der Waals surface area contributed by atoms with Crippen LogP contribution in [0.1, 0.15) is 18.7 Å². The molecule has 1 aromatic carbocycles. The standard InChI is InChI=1S/C16H17N3OS.ClH/c1-3-13-9-14-15(17-10-18-16(14)21-13)19-11-5-7-12(8-6-11)20-4-2;/h5-10H,3-4H2,1-2H3,(H,17,18,19);1H. The third-order valence-corrected chi connectivity index (χ3v) is 4.34. The van der Waals surface area contributed by atoms with Gasteiger partial charge in [0.2, 0.25) is 0 Å². The molecule has 0 aliphatic rings. The lowest BCUT2D eigenvalue weighted by molar-refractivity contribution is 0.340. The van der Waals surface area contributed by atoms with Gasteiger partial charge in [-0.1, -0.05) is 6.92 Å². The van der Waals surface area contributed by atoms with Gasteiger partial charge in [0.05, 0.1) is 12.0 Å². The van der Waals surface area contributed by atoms with Crippen molar-refractivity contribution in [3.63, 3.8) is 0 Å². The lowest BCUT2D eigenvalue weighted by Gasteiger charge is -2.08. The van der Waals surface area contributed by atoms with E-state index in [1.54, 1.807) is 17.7 Å². The maximum absolute atomic E-state index is 5.45. The summed E-state index contributed by atoms with van der Waals surface area (Å²) >= 11 is 1.72. The van der Waals surface area contributed by atoms with Gasteiger partial charge in [-0.05, 0) is 43.7 Å². The zero-order valence-corrected chi connectivity index (χ0v) is 14.1. The van der Waals surface area contributed by atoms with E-state index in [9.17, 15) is 0 Å². The third-order valence-electron chi connectivity index (χ3n) is 3.16. The maximum atomic E-state index is 5.45. The van der Waals surface area contributed by atoms with Crippen molar-refractivity contribution in [1.82, 2.24) is 9.97 Å². The molecule has 0 aliphatic carbocycles. The van der Waals surface area contributed by atoms with E-state index in [1.165, 1.54) is 4.88 Å². The fourth-order valence-electron chi connectivity index (χ4n) is 2.12. The first-order valence-corrected chi connectivity index (χ1v) is 7.85. The van der Waals surface area contributed by atoms with E-state index in [-0.39, 0.29) is 12.4 Å². The molecule has 116 valence electrons. The molecule has 4 nitrogen and oxygen atoms in total. The number of benzene rings is 1. The van der Waals surface area contributed by atoms with E-state index in [2.05, 4.69) is 28.3 Å². The van der Waals surface area contributed by atoms with Crippen LogP contribution in [0.15, 0.2) is 36.7 Å². The lowest BCUT2D eigenvalue weighted by atomic mass is 10.2. The van der Waals surface area contributed by atoms with Gasteiger partial charge in [-0.3, -0.25) is 0 Å². The SMILES string of the molecule is CCOc1ccc(Nc2ncnc3sc(CC)cc23)cc1.Cl. The molecule has 0 spiro atoms. The van der Waals surface area contributed by atoms with E-state index in [0.717, 1.165) is 33.9 Å². The Morgan fingerprint density at radius 3 is 2.59 bits per heavy atom. The number of aryl methyl sites for hydroxylation is 1.